The first kappa shape index (κ1) is 31.0. The molecule has 3 aromatic rings. The number of aromatic nitrogens is 1. The number of ether oxygens (including phenoxy) is 3. The molecule has 0 radical (unpaired) electrons. The van der Waals surface area contributed by atoms with Crippen molar-refractivity contribution in [1.29, 1.82) is 0 Å². The van der Waals surface area contributed by atoms with Crippen LogP contribution in [0.2, 0.25) is 0 Å². The quantitative estimate of drug-likeness (QED) is 0.289. The van der Waals surface area contributed by atoms with Crippen LogP contribution in [0.15, 0.2) is 36.5 Å². The van der Waals surface area contributed by atoms with Crippen LogP contribution in [0.1, 0.15) is 36.8 Å². The maximum absolute atomic E-state index is 13.9. The molecule has 8 nitrogen and oxygen atoms in total. The van der Waals surface area contributed by atoms with Crippen LogP contribution in [-0.2, 0) is 22.5 Å². The van der Waals surface area contributed by atoms with Crippen LogP contribution in [0.5, 0.6) is 11.5 Å². The van der Waals surface area contributed by atoms with Crippen molar-refractivity contribution in [1.82, 2.24) is 14.8 Å². The fraction of sp³-hybridized carbons (Fsp3) is 0.500. The second-order valence-electron chi connectivity index (χ2n) is 11.4. The summed E-state index contributed by atoms with van der Waals surface area (Å²) in [6.45, 7) is 5.37. The van der Waals surface area contributed by atoms with Gasteiger partial charge in [-0.3, -0.25) is 19.6 Å². The number of aliphatic carboxylic acids is 1. The number of piperidine rings is 1. The molecule has 0 atom stereocenters. The molecular formula is C32H38F3N3O5. The Labute approximate surface area is 249 Å². The Morgan fingerprint density at radius 2 is 1.84 bits per heavy atom. The van der Waals surface area contributed by atoms with Gasteiger partial charge in [-0.1, -0.05) is 0 Å². The molecule has 0 saturated carbocycles. The standard InChI is InChI=1S/C32H38F3N3O5/c1-41-24-4-5-28-26(19-24)25(22(20-36-28)21-38-11-14-42-15-12-38)3-2-6-32(31(39)40)7-9-37(10-8-32)13-16-43-29-18-23(33)17-27(34)30(29)35/h4-5,17-20H,2-3,6-16,21H2,1H3,(H,39,40). The van der Waals surface area contributed by atoms with E-state index in [4.69, 9.17) is 19.2 Å². The molecule has 43 heavy (non-hydrogen) atoms. The van der Waals surface area contributed by atoms with Gasteiger partial charge in [0.25, 0.3) is 0 Å². The number of pyridine rings is 1. The maximum atomic E-state index is 13.9. The Hall–Kier alpha value is -3.41. The SMILES string of the molecule is COc1ccc2ncc(CN3CCOCC3)c(CCCC3(C(=O)O)CCN(CCOc4cc(F)cc(F)c4F)CC3)c2c1. The average Bonchev–Trinajstić information content (AvgIpc) is 3.01. The van der Waals surface area contributed by atoms with Gasteiger partial charge in [0.15, 0.2) is 11.6 Å². The van der Waals surface area contributed by atoms with Crippen molar-refractivity contribution >= 4 is 16.9 Å². The third kappa shape index (κ3) is 7.39. The predicted molar refractivity (Wildman–Crippen MR) is 155 cm³/mol. The number of fused-ring (bicyclic) bond motifs is 1. The lowest BCUT2D eigenvalue weighted by Crippen LogP contribution is -2.45. The van der Waals surface area contributed by atoms with Crippen LogP contribution >= 0.6 is 0 Å². The number of likely N-dealkylation sites (tertiary alicyclic amines) is 1. The highest BCUT2D eigenvalue weighted by molar-refractivity contribution is 5.84. The summed E-state index contributed by atoms with van der Waals surface area (Å²) in [7, 11) is 1.64. The molecular weight excluding hydrogens is 563 g/mol. The van der Waals surface area contributed by atoms with E-state index in [-0.39, 0.29) is 6.61 Å². The lowest BCUT2D eigenvalue weighted by Gasteiger charge is -2.39. The van der Waals surface area contributed by atoms with E-state index in [0.29, 0.717) is 71.0 Å². The molecule has 2 aromatic carbocycles. The van der Waals surface area contributed by atoms with Gasteiger partial charge in [0, 0.05) is 49.9 Å². The van der Waals surface area contributed by atoms with E-state index in [9.17, 15) is 23.1 Å². The molecule has 0 bridgehead atoms. The van der Waals surface area contributed by atoms with Crippen LogP contribution in [0.25, 0.3) is 10.9 Å². The fourth-order valence-corrected chi connectivity index (χ4v) is 6.13. The van der Waals surface area contributed by atoms with E-state index in [1.165, 1.54) is 5.56 Å². The van der Waals surface area contributed by atoms with Crippen molar-refractivity contribution in [3.05, 3.63) is 65.1 Å². The van der Waals surface area contributed by atoms with Crippen LogP contribution in [0.4, 0.5) is 13.2 Å². The minimum absolute atomic E-state index is 0.0321. The molecule has 0 aliphatic carbocycles. The van der Waals surface area contributed by atoms with Gasteiger partial charge >= 0.3 is 5.97 Å². The summed E-state index contributed by atoms with van der Waals surface area (Å²) in [5.41, 5.74) is 2.34. The van der Waals surface area contributed by atoms with Gasteiger partial charge in [-0.25, -0.2) is 8.78 Å². The number of hydrogen-bond acceptors (Lipinski definition) is 7. The molecule has 1 N–H and O–H groups in total. The van der Waals surface area contributed by atoms with Gasteiger partial charge in [0.05, 0.1) is 31.3 Å². The van der Waals surface area contributed by atoms with E-state index < -0.39 is 34.6 Å². The molecule has 5 rings (SSSR count). The van der Waals surface area contributed by atoms with E-state index in [0.717, 1.165) is 47.9 Å². The number of carbonyl (C=O) groups is 1. The van der Waals surface area contributed by atoms with Gasteiger partial charge in [0.2, 0.25) is 5.82 Å². The Bertz CT molecular complexity index is 1430. The Kier molecular flexibility index (Phi) is 10.0. The van der Waals surface area contributed by atoms with Gasteiger partial charge in [-0.15, -0.1) is 0 Å². The summed E-state index contributed by atoms with van der Waals surface area (Å²) in [6, 6.07) is 7.15. The van der Waals surface area contributed by atoms with Gasteiger partial charge in [-0.2, -0.15) is 4.39 Å². The monoisotopic (exact) mass is 601 g/mol. The summed E-state index contributed by atoms with van der Waals surface area (Å²) in [4.78, 5) is 21.7. The number of carboxylic acids is 1. The highest BCUT2D eigenvalue weighted by Crippen LogP contribution is 2.38. The third-order valence-corrected chi connectivity index (χ3v) is 8.75. The third-order valence-electron chi connectivity index (χ3n) is 8.75. The molecule has 3 heterocycles. The van der Waals surface area contributed by atoms with Crippen molar-refractivity contribution in [2.45, 2.75) is 38.6 Å². The number of methoxy groups -OCH3 is 1. The largest absolute Gasteiger partial charge is 0.497 e. The Morgan fingerprint density at radius 3 is 2.56 bits per heavy atom. The first-order valence-corrected chi connectivity index (χ1v) is 14.8. The zero-order valence-electron chi connectivity index (χ0n) is 24.4. The molecule has 2 aliphatic heterocycles. The van der Waals surface area contributed by atoms with Crippen molar-refractivity contribution in [3.63, 3.8) is 0 Å². The van der Waals surface area contributed by atoms with Crippen LogP contribution in [-0.4, -0.2) is 85.5 Å². The number of carboxylic acid groups (broad SMARTS) is 1. The normalized spacial score (nSPS) is 17.7. The predicted octanol–water partition coefficient (Wildman–Crippen LogP) is 5.06. The molecule has 2 fully saturated rings. The van der Waals surface area contributed by atoms with Crippen molar-refractivity contribution < 1.29 is 37.3 Å². The summed E-state index contributed by atoms with van der Waals surface area (Å²) in [5, 5.41) is 11.3. The minimum atomic E-state index is -1.30. The number of hydrogen-bond donors (Lipinski definition) is 1. The number of nitrogens with zero attached hydrogens (tertiary/aromatic N) is 3. The van der Waals surface area contributed by atoms with Crippen LogP contribution in [0.3, 0.4) is 0 Å². The lowest BCUT2D eigenvalue weighted by molar-refractivity contribution is -0.152. The molecule has 1 aromatic heterocycles. The van der Waals surface area contributed by atoms with Crippen LogP contribution < -0.4 is 9.47 Å². The van der Waals surface area contributed by atoms with Crippen molar-refractivity contribution in [2.24, 2.45) is 5.41 Å². The van der Waals surface area contributed by atoms with Crippen molar-refractivity contribution in [2.75, 3.05) is 59.7 Å². The van der Waals surface area contributed by atoms with Gasteiger partial charge in [0.1, 0.15) is 18.2 Å². The number of morpholine rings is 1. The Balaban J connectivity index is 1.22. The molecule has 232 valence electrons. The fourth-order valence-electron chi connectivity index (χ4n) is 6.13. The zero-order valence-corrected chi connectivity index (χ0v) is 24.4. The van der Waals surface area contributed by atoms with Gasteiger partial charge < -0.3 is 19.3 Å². The smallest absolute Gasteiger partial charge is 0.309 e. The highest BCUT2D eigenvalue weighted by Gasteiger charge is 2.41. The maximum Gasteiger partial charge on any atom is 0.309 e. The number of rotatable bonds is 12. The molecule has 2 saturated heterocycles. The zero-order chi connectivity index (χ0) is 30.4. The van der Waals surface area contributed by atoms with Crippen LogP contribution in [0, 0.1) is 22.9 Å². The second kappa shape index (κ2) is 13.9. The molecule has 0 unspecified atom stereocenters. The van der Waals surface area contributed by atoms with E-state index in [1.807, 2.05) is 29.3 Å². The molecule has 0 spiro atoms. The summed E-state index contributed by atoms with van der Waals surface area (Å²) < 4.78 is 57.1. The lowest BCUT2D eigenvalue weighted by atomic mass is 9.74. The topological polar surface area (TPSA) is 84.4 Å². The summed E-state index contributed by atoms with van der Waals surface area (Å²) in [6.07, 6.45) is 4.83. The minimum Gasteiger partial charge on any atom is -0.497 e. The number of benzene rings is 2. The highest BCUT2D eigenvalue weighted by atomic mass is 19.2. The molecule has 2 aliphatic rings. The summed E-state index contributed by atoms with van der Waals surface area (Å²) in [5.74, 6) is -3.95. The van der Waals surface area contributed by atoms with E-state index >= 15 is 0 Å². The first-order valence-electron chi connectivity index (χ1n) is 14.8. The second-order valence-corrected chi connectivity index (χ2v) is 11.4. The van der Waals surface area contributed by atoms with Crippen molar-refractivity contribution in [3.8, 4) is 11.5 Å². The summed E-state index contributed by atoms with van der Waals surface area (Å²) >= 11 is 0. The number of halogens is 3. The molecule has 11 heteroatoms. The van der Waals surface area contributed by atoms with E-state index in [2.05, 4.69) is 4.90 Å². The van der Waals surface area contributed by atoms with E-state index in [1.54, 1.807) is 7.11 Å². The Morgan fingerprint density at radius 1 is 1.07 bits per heavy atom. The average molecular weight is 602 g/mol. The van der Waals surface area contributed by atoms with Gasteiger partial charge in [-0.05, 0) is 74.5 Å². The molecule has 0 amide bonds. The number of aryl methyl sites for hydroxylation is 1. The first-order chi connectivity index (χ1) is 20.8.